The Balaban J connectivity index is 2.20. The minimum absolute atomic E-state index is 0.242. The highest BCUT2D eigenvalue weighted by Gasteiger charge is 2.61. The molecule has 0 aromatic heterocycles. The van der Waals surface area contributed by atoms with Crippen molar-refractivity contribution in [1.29, 1.82) is 0 Å². The average Bonchev–Trinajstić information content (AvgIpc) is 2.64. The molecule has 0 amide bonds. The van der Waals surface area contributed by atoms with Crippen LogP contribution in [0.3, 0.4) is 0 Å². The number of aliphatic hydroxyl groups is 1. The van der Waals surface area contributed by atoms with Crippen molar-refractivity contribution in [2.24, 2.45) is 5.41 Å². The van der Waals surface area contributed by atoms with E-state index in [0.29, 0.717) is 6.61 Å². The fourth-order valence-corrected chi connectivity index (χ4v) is 2.68. The molecule has 1 aliphatic heterocycles. The molecule has 4 heteroatoms. The lowest BCUT2D eigenvalue weighted by Crippen LogP contribution is -2.64. The lowest BCUT2D eigenvalue weighted by molar-refractivity contribution is -0.245. The van der Waals surface area contributed by atoms with Crippen molar-refractivity contribution in [2.75, 3.05) is 19.8 Å². The summed E-state index contributed by atoms with van der Waals surface area (Å²) >= 11 is 0. The number of hydrogen-bond donors (Lipinski definition) is 1. The van der Waals surface area contributed by atoms with Crippen LogP contribution < -0.4 is 0 Å². The number of carbonyl (C=O) groups excluding carboxylic acids is 1. The van der Waals surface area contributed by atoms with Gasteiger partial charge in [-0.05, 0) is 19.8 Å². The Morgan fingerprint density at radius 3 is 2.40 bits per heavy atom. The van der Waals surface area contributed by atoms with E-state index >= 15 is 0 Å². The van der Waals surface area contributed by atoms with E-state index in [9.17, 15) is 9.90 Å². The summed E-state index contributed by atoms with van der Waals surface area (Å²) in [5, 5.41) is 10.3. The SMILES string of the molecule is CCOC(=O)C1(C2(O)COC2)CCCC1. The Labute approximate surface area is 89.6 Å². The van der Waals surface area contributed by atoms with Gasteiger partial charge in [-0.3, -0.25) is 4.79 Å². The molecule has 1 saturated carbocycles. The molecule has 1 heterocycles. The van der Waals surface area contributed by atoms with E-state index in [1.165, 1.54) is 0 Å². The predicted molar refractivity (Wildman–Crippen MR) is 53.3 cm³/mol. The first-order valence-corrected chi connectivity index (χ1v) is 5.62. The van der Waals surface area contributed by atoms with Crippen LogP contribution in [0.5, 0.6) is 0 Å². The number of ether oxygens (including phenoxy) is 2. The van der Waals surface area contributed by atoms with Gasteiger partial charge >= 0.3 is 5.97 Å². The highest BCUT2D eigenvalue weighted by atomic mass is 16.6. The monoisotopic (exact) mass is 214 g/mol. The number of esters is 1. The largest absolute Gasteiger partial charge is 0.465 e. The maximum absolute atomic E-state index is 12.0. The summed E-state index contributed by atoms with van der Waals surface area (Å²) in [6, 6.07) is 0. The van der Waals surface area contributed by atoms with Gasteiger partial charge in [-0.25, -0.2) is 0 Å². The standard InChI is InChI=1S/C11H18O4/c1-2-15-9(12)10(5-3-4-6-10)11(13)7-14-8-11/h13H,2-8H2,1H3. The molecule has 4 nitrogen and oxygen atoms in total. The van der Waals surface area contributed by atoms with Crippen LogP contribution in [-0.2, 0) is 14.3 Å². The van der Waals surface area contributed by atoms with Crippen LogP contribution in [0.1, 0.15) is 32.6 Å². The topological polar surface area (TPSA) is 55.8 Å². The van der Waals surface area contributed by atoms with Gasteiger partial charge in [0, 0.05) is 0 Å². The minimum Gasteiger partial charge on any atom is -0.465 e. The Morgan fingerprint density at radius 1 is 1.40 bits per heavy atom. The third kappa shape index (κ3) is 1.47. The van der Waals surface area contributed by atoms with Gasteiger partial charge in [0.05, 0.1) is 19.8 Å². The Hall–Kier alpha value is -0.610. The zero-order valence-electron chi connectivity index (χ0n) is 9.12. The van der Waals surface area contributed by atoms with Gasteiger partial charge in [0.1, 0.15) is 11.0 Å². The molecule has 0 bridgehead atoms. The predicted octanol–water partition coefficient (Wildman–Crippen LogP) is 0.871. The average molecular weight is 214 g/mol. The molecular weight excluding hydrogens is 196 g/mol. The lowest BCUT2D eigenvalue weighted by Gasteiger charge is -2.48. The van der Waals surface area contributed by atoms with Crippen molar-refractivity contribution in [3.8, 4) is 0 Å². The Kier molecular flexibility index (Phi) is 2.73. The van der Waals surface area contributed by atoms with Crippen molar-refractivity contribution in [1.82, 2.24) is 0 Å². The first kappa shape index (κ1) is 10.9. The first-order chi connectivity index (χ1) is 7.15. The molecule has 0 spiro atoms. The zero-order chi connectivity index (χ0) is 10.9. The van der Waals surface area contributed by atoms with Crippen LogP contribution in [0, 0.1) is 5.41 Å². The van der Waals surface area contributed by atoms with Crippen molar-refractivity contribution in [2.45, 2.75) is 38.2 Å². The van der Waals surface area contributed by atoms with E-state index < -0.39 is 11.0 Å². The zero-order valence-corrected chi connectivity index (χ0v) is 9.12. The fourth-order valence-electron chi connectivity index (χ4n) is 2.68. The first-order valence-electron chi connectivity index (χ1n) is 5.62. The van der Waals surface area contributed by atoms with E-state index in [4.69, 9.17) is 9.47 Å². The summed E-state index contributed by atoms with van der Waals surface area (Å²) in [5.41, 5.74) is -1.67. The van der Waals surface area contributed by atoms with Crippen LogP contribution in [0.2, 0.25) is 0 Å². The molecule has 1 saturated heterocycles. The van der Waals surface area contributed by atoms with Gasteiger partial charge in [-0.15, -0.1) is 0 Å². The summed E-state index contributed by atoms with van der Waals surface area (Å²) in [7, 11) is 0. The van der Waals surface area contributed by atoms with E-state index in [1.54, 1.807) is 6.92 Å². The van der Waals surface area contributed by atoms with E-state index in [1.807, 2.05) is 0 Å². The van der Waals surface area contributed by atoms with Crippen molar-refractivity contribution < 1.29 is 19.4 Å². The molecular formula is C11H18O4. The molecule has 0 aromatic carbocycles. The van der Waals surface area contributed by atoms with Gasteiger partial charge < -0.3 is 14.6 Å². The molecule has 0 atom stereocenters. The van der Waals surface area contributed by atoms with E-state index in [2.05, 4.69) is 0 Å². The second-order valence-electron chi connectivity index (χ2n) is 4.53. The Bertz CT molecular complexity index is 251. The summed E-state index contributed by atoms with van der Waals surface area (Å²) < 4.78 is 10.1. The molecule has 86 valence electrons. The minimum atomic E-state index is -0.976. The highest BCUT2D eigenvalue weighted by Crippen LogP contribution is 2.50. The lowest BCUT2D eigenvalue weighted by atomic mass is 9.69. The molecule has 0 aromatic rings. The Morgan fingerprint density at radius 2 is 2.00 bits per heavy atom. The van der Waals surface area contributed by atoms with Crippen LogP contribution in [0.4, 0.5) is 0 Å². The van der Waals surface area contributed by atoms with Gasteiger partial charge in [-0.1, -0.05) is 12.8 Å². The van der Waals surface area contributed by atoms with Gasteiger partial charge in [-0.2, -0.15) is 0 Å². The van der Waals surface area contributed by atoms with Gasteiger partial charge in [0.2, 0.25) is 0 Å². The summed E-state index contributed by atoms with van der Waals surface area (Å²) in [4.78, 5) is 12.0. The quantitative estimate of drug-likeness (QED) is 0.708. The van der Waals surface area contributed by atoms with Crippen molar-refractivity contribution >= 4 is 5.97 Å². The molecule has 15 heavy (non-hydrogen) atoms. The molecule has 2 aliphatic rings. The summed E-state index contributed by atoms with van der Waals surface area (Å²) in [6.07, 6.45) is 3.43. The van der Waals surface area contributed by atoms with Crippen LogP contribution in [0.15, 0.2) is 0 Å². The van der Waals surface area contributed by atoms with Gasteiger partial charge in [0.15, 0.2) is 0 Å². The second-order valence-corrected chi connectivity index (χ2v) is 4.53. The molecule has 2 fully saturated rings. The van der Waals surface area contributed by atoms with Gasteiger partial charge in [0.25, 0.3) is 0 Å². The molecule has 1 N–H and O–H groups in total. The molecule has 0 radical (unpaired) electrons. The normalized spacial score (nSPS) is 27.1. The fraction of sp³-hybridized carbons (Fsp3) is 0.909. The number of hydrogen-bond acceptors (Lipinski definition) is 4. The maximum Gasteiger partial charge on any atom is 0.315 e. The van der Waals surface area contributed by atoms with E-state index in [0.717, 1.165) is 25.7 Å². The van der Waals surface area contributed by atoms with Crippen LogP contribution in [-0.4, -0.2) is 36.5 Å². The van der Waals surface area contributed by atoms with E-state index in [-0.39, 0.29) is 19.2 Å². The summed E-state index contributed by atoms with van der Waals surface area (Å²) in [6.45, 7) is 2.71. The highest BCUT2D eigenvalue weighted by molar-refractivity contribution is 5.79. The third-order valence-electron chi connectivity index (χ3n) is 3.70. The molecule has 1 aliphatic carbocycles. The third-order valence-corrected chi connectivity index (χ3v) is 3.70. The smallest absolute Gasteiger partial charge is 0.315 e. The van der Waals surface area contributed by atoms with Crippen LogP contribution >= 0.6 is 0 Å². The summed E-state index contributed by atoms with van der Waals surface area (Å²) in [5.74, 6) is -0.242. The molecule has 2 rings (SSSR count). The second kappa shape index (κ2) is 3.76. The number of carbonyl (C=O) groups is 1. The number of rotatable bonds is 3. The van der Waals surface area contributed by atoms with Crippen LogP contribution in [0.25, 0.3) is 0 Å². The molecule has 0 unspecified atom stereocenters. The van der Waals surface area contributed by atoms with Crippen molar-refractivity contribution in [3.63, 3.8) is 0 Å². The maximum atomic E-state index is 12.0. The van der Waals surface area contributed by atoms with Crippen molar-refractivity contribution in [3.05, 3.63) is 0 Å².